The Bertz CT molecular complexity index is 879. The zero-order chi connectivity index (χ0) is 24.8. The molecule has 0 bridgehead atoms. The molecule has 188 valence electrons. The van der Waals surface area contributed by atoms with Crippen molar-refractivity contribution >= 4 is 17.7 Å². The van der Waals surface area contributed by atoms with Gasteiger partial charge in [0.2, 0.25) is 17.7 Å². The van der Waals surface area contributed by atoms with Crippen LogP contribution in [0.4, 0.5) is 8.78 Å². The highest BCUT2D eigenvalue weighted by molar-refractivity contribution is 5.89. The van der Waals surface area contributed by atoms with Gasteiger partial charge in [-0.05, 0) is 30.5 Å². The molecule has 2 fully saturated rings. The fraction of sp³-hybridized carbons (Fsp3) is 0.625. The summed E-state index contributed by atoms with van der Waals surface area (Å²) in [5.41, 5.74) is 0.285. The molecule has 10 heteroatoms. The van der Waals surface area contributed by atoms with Crippen LogP contribution in [0.1, 0.15) is 38.7 Å². The van der Waals surface area contributed by atoms with Crippen LogP contribution in [0.3, 0.4) is 0 Å². The maximum atomic E-state index is 13.8. The standard InChI is InChI=1S/C24H34F2N4O4/c1-3-4-6-30-13-17(11-22(30)32)24(34)28-20(10-16-8-18(25)12-19(26)9-16)23(33)21-14-29(15(2)31)7-5-27-21/h8-9,12,17,20-21,23,27,33H,3-7,10-11,13-14H2,1-2H3,(H,28,34)/t17?,20?,21-,23+/m1/s1. The van der Waals surface area contributed by atoms with Crippen LogP contribution in [0.5, 0.6) is 0 Å². The summed E-state index contributed by atoms with van der Waals surface area (Å²) in [5, 5.41) is 17.2. The number of rotatable bonds is 9. The van der Waals surface area contributed by atoms with E-state index >= 15 is 0 Å². The lowest BCUT2D eigenvalue weighted by Gasteiger charge is -2.38. The van der Waals surface area contributed by atoms with Gasteiger partial charge in [-0.3, -0.25) is 14.4 Å². The summed E-state index contributed by atoms with van der Waals surface area (Å²) in [6.07, 6.45) is 0.732. The first-order chi connectivity index (χ1) is 16.2. The molecule has 0 radical (unpaired) electrons. The van der Waals surface area contributed by atoms with Gasteiger partial charge >= 0.3 is 0 Å². The van der Waals surface area contributed by atoms with Gasteiger partial charge in [0.15, 0.2) is 0 Å². The third-order valence-corrected chi connectivity index (χ3v) is 6.55. The number of likely N-dealkylation sites (tertiary alicyclic amines) is 1. The van der Waals surface area contributed by atoms with Gasteiger partial charge in [-0.25, -0.2) is 8.78 Å². The number of piperazine rings is 1. The van der Waals surface area contributed by atoms with Crippen molar-refractivity contribution in [1.29, 1.82) is 0 Å². The average Bonchev–Trinajstić information content (AvgIpc) is 3.16. The number of hydrogen-bond donors (Lipinski definition) is 3. The highest BCUT2D eigenvalue weighted by Gasteiger charge is 2.38. The molecular weight excluding hydrogens is 446 g/mol. The number of unbranched alkanes of at least 4 members (excludes halogenated alkanes) is 1. The SMILES string of the molecule is CCCCN1CC(C(=O)NC(Cc2cc(F)cc(F)c2)[C@H](O)[C@H]2CN(C(C)=O)CCN2)CC1=O. The Balaban J connectivity index is 1.75. The van der Waals surface area contributed by atoms with Crippen molar-refractivity contribution in [2.45, 2.75) is 57.7 Å². The number of amides is 3. The number of nitrogens with zero attached hydrogens (tertiary/aromatic N) is 2. The highest BCUT2D eigenvalue weighted by atomic mass is 19.1. The quantitative estimate of drug-likeness (QED) is 0.486. The van der Waals surface area contributed by atoms with Crippen molar-refractivity contribution in [2.24, 2.45) is 5.92 Å². The zero-order valence-electron chi connectivity index (χ0n) is 19.7. The Morgan fingerprint density at radius 1 is 1.24 bits per heavy atom. The maximum Gasteiger partial charge on any atom is 0.225 e. The number of carbonyl (C=O) groups excluding carboxylic acids is 3. The van der Waals surface area contributed by atoms with E-state index in [1.54, 1.807) is 9.80 Å². The van der Waals surface area contributed by atoms with E-state index in [1.807, 2.05) is 6.92 Å². The monoisotopic (exact) mass is 480 g/mol. The van der Waals surface area contributed by atoms with Gasteiger partial charge in [0.05, 0.1) is 24.1 Å². The normalized spacial score (nSPS) is 22.6. The minimum Gasteiger partial charge on any atom is -0.389 e. The van der Waals surface area contributed by atoms with Gasteiger partial charge in [0.25, 0.3) is 0 Å². The van der Waals surface area contributed by atoms with E-state index in [-0.39, 0.29) is 42.7 Å². The first-order valence-electron chi connectivity index (χ1n) is 11.9. The Morgan fingerprint density at radius 3 is 2.59 bits per heavy atom. The lowest BCUT2D eigenvalue weighted by molar-refractivity contribution is -0.131. The largest absolute Gasteiger partial charge is 0.389 e. The molecule has 2 saturated heterocycles. The van der Waals surface area contributed by atoms with Crippen molar-refractivity contribution < 1.29 is 28.3 Å². The molecule has 0 aliphatic carbocycles. The molecule has 8 nitrogen and oxygen atoms in total. The highest BCUT2D eigenvalue weighted by Crippen LogP contribution is 2.20. The van der Waals surface area contributed by atoms with Crippen LogP contribution < -0.4 is 10.6 Å². The molecule has 1 aromatic rings. The van der Waals surface area contributed by atoms with Crippen molar-refractivity contribution in [1.82, 2.24) is 20.4 Å². The van der Waals surface area contributed by atoms with E-state index in [1.165, 1.54) is 6.92 Å². The molecule has 2 aliphatic heterocycles. The fourth-order valence-electron chi connectivity index (χ4n) is 4.63. The molecule has 3 rings (SSSR count). The molecule has 1 aromatic carbocycles. The second kappa shape index (κ2) is 11.7. The van der Waals surface area contributed by atoms with Gasteiger partial charge < -0.3 is 25.5 Å². The van der Waals surface area contributed by atoms with Gasteiger partial charge in [-0.15, -0.1) is 0 Å². The summed E-state index contributed by atoms with van der Waals surface area (Å²) >= 11 is 0. The summed E-state index contributed by atoms with van der Waals surface area (Å²) in [6, 6.07) is 1.68. The van der Waals surface area contributed by atoms with E-state index in [2.05, 4.69) is 10.6 Å². The van der Waals surface area contributed by atoms with E-state index in [0.717, 1.165) is 31.0 Å². The topological polar surface area (TPSA) is 102 Å². The minimum absolute atomic E-state index is 0.0138. The molecular formula is C24H34F2N4O4. The Morgan fingerprint density at radius 2 is 1.94 bits per heavy atom. The summed E-state index contributed by atoms with van der Waals surface area (Å²) in [5.74, 6) is -2.64. The summed E-state index contributed by atoms with van der Waals surface area (Å²) in [7, 11) is 0. The molecule has 3 amide bonds. The number of nitrogens with one attached hydrogen (secondary N) is 2. The second-order valence-electron chi connectivity index (χ2n) is 9.21. The lowest BCUT2D eigenvalue weighted by Crippen LogP contribution is -2.62. The molecule has 0 spiro atoms. The van der Waals surface area contributed by atoms with Crippen molar-refractivity contribution in [2.75, 3.05) is 32.7 Å². The average molecular weight is 481 g/mol. The van der Waals surface area contributed by atoms with Crippen LogP contribution >= 0.6 is 0 Å². The number of aliphatic hydroxyl groups is 1. The Labute approximate surface area is 198 Å². The molecule has 0 aromatic heterocycles. The smallest absolute Gasteiger partial charge is 0.225 e. The van der Waals surface area contributed by atoms with Crippen LogP contribution in [-0.2, 0) is 20.8 Å². The Kier molecular flexibility index (Phi) is 8.96. The Hall–Kier alpha value is -2.59. The van der Waals surface area contributed by atoms with Crippen LogP contribution in [0, 0.1) is 17.6 Å². The van der Waals surface area contributed by atoms with Gasteiger partial charge in [-0.2, -0.15) is 0 Å². The van der Waals surface area contributed by atoms with Gasteiger partial charge in [0.1, 0.15) is 11.6 Å². The number of benzene rings is 1. The number of carbonyl (C=O) groups is 3. The molecule has 34 heavy (non-hydrogen) atoms. The van der Waals surface area contributed by atoms with Crippen LogP contribution in [-0.4, -0.2) is 83.5 Å². The summed E-state index contributed by atoms with van der Waals surface area (Å²) < 4.78 is 27.6. The maximum absolute atomic E-state index is 13.8. The van der Waals surface area contributed by atoms with Crippen LogP contribution in [0.25, 0.3) is 0 Å². The summed E-state index contributed by atoms with van der Waals surface area (Å²) in [4.78, 5) is 40.5. The molecule has 3 N–H and O–H groups in total. The zero-order valence-corrected chi connectivity index (χ0v) is 19.7. The second-order valence-corrected chi connectivity index (χ2v) is 9.21. The predicted molar refractivity (Wildman–Crippen MR) is 122 cm³/mol. The molecule has 4 atom stereocenters. The molecule has 0 saturated carbocycles. The third-order valence-electron chi connectivity index (χ3n) is 6.55. The van der Waals surface area contributed by atoms with Gasteiger partial charge in [-0.1, -0.05) is 13.3 Å². The molecule has 2 unspecified atom stereocenters. The van der Waals surface area contributed by atoms with Crippen LogP contribution in [0.2, 0.25) is 0 Å². The first kappa shape index (κ1) is 26.0. The minimum atomic E-state index is -1.13. The van der Waals surface area contributed by atoms with E-state index in [4.69, 9.17) is 0 Å². The number of halogens is 2. The number of hydrogen-bond acceptors (Lipinski definition) is 5. The van der Waals surface area contributed by atoms with Crippen molar-refractivity contribution in [3.8, 4) is 0 Å². The predicted octanol–water partition coefficient (Wildman–Crippen LogP) is 0.822. The van der Waals surface area contributed by atoms with Crippen LogP contribution in [0.15, 0.2) is 18.2 Å². The van der Waals surface area contributed by atoms with E-state index < -0.39 is 35.7 Å². The van der Waals surface area contributed by atoms with Crippen molar-refractivity contribution in [3.05, 3.63) is 35.4 Å². The molecule has 2 heterocycles. The first-order valence-corrected chi connectivity index (χ1v) is 11.9. The van der Waals surface area contributed by atoms with E-state index in [9.17, 15) is 28.3 Å². The molecule has 2 aliphatic rings. The third kappa shape index (κ3) is 6.73. The van der Waals surface area contributed by atoms with Crippen molar-refractivity contribution in [3.63, 3.8) is 0 Å². The number of aliphatic hydroxyl groups excluding tert-OH is 1. The fourth-order valence-corrected chi connectivity index (χ4v) is 4.63. The lowest BCUT2D eigenvalue weighted by atomic mass is 9.94. The summed E-state index contributed by atoms with van der Waals surface area (Å²) in [6.45, 7) is 5.60. The van der Waals surface area contributed by atoms with Gasteiger partial charge in [0, 0.05) is 52.1 Å². The van der Waals surface area contributed by atoms with E-state index in [0.29, 0.717) is 26.2 Å².